The molecule has 3 aromatic heterocycles. The van der Waals surface area contributed by atoms with Crippen molar-refractivity contribution in [3.63, 3.8) is 0 Å². The van der Waals surface area contributed by atoms with E-state index in [1.165, 1.54) is 19.2 Å². The number of methoxy groups -OCH3 is 1. The molecule has 5 rings (SSSR count). The molecule has 0 aliphatic rings. The molecule has 3 heterocycles. The van der Waals surface area contributed by atoms with Crippen LogP contribution in [-0.2, 0) is 6.18 Å². The zero-order valence-corrected chi connectivity index (χ0v) is 18.7. The third-order valence-electron chi connectivity index (χ3n) is 5.20. The van der Waals surface area contributed by atoms with Gasteiger partial charge in [-0.2, -0.15) is 22.8 Å². The van der Waals surface area contributed by atoms with Gasteiger partial charge in [0.2, 0.25) is 5.89 Å². The minimum Gasteiger partial charge on any atom is -0.494 e. The Morgan fingerprint density at radius 1 is 1.12 bits per heavy atom. The monoisotopic (exact) mass is 518 g/mol. The van der Waals surface area contributed by atoms with Crippen LogP contribution >= 0.6 is 15.9 Å². The molecule has 1 N–H and O–H groups in total. The number of nitrogens with zero attached hydrogens (tertiary/aromatic N) is 3. The molecule has 0 aliphatic heterocycles. The maximum absolute atomic E-state index is 13.9. The lowest BCUT2D eigenvalue weighted by atomic mass is 10.1. The van der Waals surface area contributed by atoms with Crippen LogP contribution in [0, 0.1) is 6.92 Å². The lowest BCUT2D eigenvalue weighted by Gasteiger charge is -2.07. The van der Waals surface area contributed by atoms with Crippen LogP contribution in [0.1, 0.15) is 11.4 Å². The number of benzene rings is 2. The summed E-state index contributed by atoms with van der Waals surface area (Å²) in [5, 5.41) is 3.64. The minimum absolute atomic E-state index is 0.0384. The molecule has 168 valence electrons. The van der Waals surface area contributed by atoms with Gasteiger partial charge in [0.05, 0.1) is 17.1 Å². The van der Waals surface area contributed by atoms with Crippen LogP contribution in [0.3, 0.4) is 0 Å². The Morgan fingerprint density at radius 2 is 1.85 bits per heavy atom. The Kier molecular flexibility index (Phi) is 4.82. The lowest BCUT2D eigenvalue weighted by Crippen LogP contribution is -2.20. The number of aromatic nitrogens is 4. The molecule has 0 amide bonds. The maximum atomic E-state index is 13.9. The van der Waals surface area contributed by atoms with Gasteiger partial charge in [-0.15, -0.1) is 0 Å². The predicted molar refractivity (Wildman–Crippen MR) is 118 cm³/mol. The van der Waals surface area contributed by atoms with Gasteiger partial charge in [-0.25, -0.2) is 4.98 Å². The van der Waals surface area contributed by atoms with Crippen LogP contribution in [0.15, 0.2) is 56.1 Å². The number of aromatic amines is 1. The van der Waals surface area contributed by atoms with Crippen LogP contribution in [-0.4, -0.2) is 26.7 Å². The number of aryl methyl sites for hydroxylation is 1. The molecular formula is C22H14BrF3N4O3. The van der Waals surface area contributed by atoms with Gasteiger partial charge in [-0.3, -0.25) is 4.79 Å². The average Bonchev–Trinajstić information content (AvgIpc) is 3.38. The highest BCUT2D eigenvalue weighted by Crippen LogP contribution is 2.39. The first-order chi connectivity index (χ1) is 15.7. The lowest BCUT2D eigenvalue weighted by molar-refractivity contribution is -0.140. The normalized spacial score (nSPS) is 12.1. The number of H-pyrrole nitrogens is 1. The molecule has 11 heteroatoms. The van der Waals surface area contributed by atoms with E-state index in [9.17, 15) is 18.0 Å². The highest BCUT2D eigenvalue weighted by atomic mass is 79.9. The Morgan fingerprint density at radius 3 is 2.52 bits per heavy atom. The number of ether oxygens (including phenoxy) is 1. The van der Waals surface area contributed by atoms with Crippen LogP contribution in [0.5, 0.6) is 5.75 Å². The third kappa shape index (κ3) is 3.30. The van der Waals surface area contributed by atoms with Crippen molar-refractivity contribution in [1.82, 2.24) is 19.6 Å². The number of fused-ring (bicyclic) bond motifs is 2. The van der Waals surface area contributed by atoms with Gasteiger partial charge in [0.15, 0.2) is 16.8 Å². The van der Waals surface area contributed by atoms with Crippen molar-refractivity contribution in [3.05, 3.63) is 68.7 Å². The standard InChI is InChI=1S/C22H14BrF3N4O3/c1-10-14(20-28-16-13(32-2)9-8-12(23)17(16)33-20)21(31)30-19(27-10)15(11-6-4-3-5-7-11)18(29-30)22(24,25)26/h3-9,27H,1-2H3. The maximum Gasteiger partial charge on any atom is 0.435 e. The van der Waals surface area contributed by atoms with Gasteiger partial charge < -0.3 is 14.1 Å². The summed E-state index contributed by atoms with van der Waals surface area (Å²) in [7, 11) is 1.47. The van der Waals surface area contributed by atoms with Crippen molar-refractivity contribution in [3.8, 4) is 28.3 Å². The van der Waals surface area contributed by atoms with Crippen molar-refractivity contribution >= 4 is 32.7 Å². The van der Waals surface area contributed by atoms with E-state index in [1.54, 1.807) is 37.3 Å². The summed E-state index contributed by atoms with van der Waals surface area (Å²) in [5.74, 6) is 0.351. The van der Waals surface area contributed by atoms with Crippen LogP contribution in [0.4, 0.5) is 13.2 Å². The predicted octanol–water partition coefficient (Wildman–Crippen LogP) is 5.60. The summed E-state index contributed by atoms with van der Waals surface area (Å²) in [5.41, 5.74) is -1.03. The Hall–Kier alpha value is -3.60. The highest BCUT2D eigenvalue weighted by Gasteiger charge is 2.39. The van der Waals surface area contributed by atoms with Crippen LogP contribution < -0.4 is 10.3 Å². The summed E-state index contributed by atoms with van der Waals surface area (Å²) in [4.78, 5) is 20.6. The highest BCUT2D eigenvalue weighted by molar-refractivity contribution is 9.10. The molecule has 0 spiro atoms. The van der Waals surface area contributed by atoms with E-state index in [1.807, 2.05) is 0 Å². The molecule has 33 heavy (non-hydrogen) atoms. The van der Waals surface area contributed by atoms with Gasteiger partial charge in [-0.1, -0.05) is 30.3 Å². The average molecular weight is 519 g/mol. The van der Waals surface area contributed by atoms with E-state index in [4.69, 9.17) is 9.15 Å². The molecule has 0 radical (unpaired) electrons. The molecule has 0 unspecified atom stereocenters. The first-order valence-corrected chi connectivity index (χ1v) is 10.4. The van der Waals surface area contributed by atoms with E-state index in [2.05, 4.69) is 31.0 Å². The number of nitrogens with one attached hydrogen (secondary N) is 1. The van der Waals surface area contributed by atoms with E-state index in [0.717, 1.165) is 0 Å². The third-order valence-corrected chi connectivity index (χ3v) is 5.82. The van der Waals surface area contributed by atoms with Crippen molar-refractivity contribution in [2.24, 2.45) is 0 Å². The first-order valence-electron chi connectivity index (χ1n) is 9.62. The molecule has 5 aromatic rings. The second kappa shape index (κ2) is 7.48. The van der Waals surface area contributed by atoms with Crippen molar-refractivity contribution < 1.29 is 22.3 Å². The fraction of sp³-hybridized carbons (Fsp3) is 0.136. The summed E-state index contributed by atoms with van der Waals surface area (Å²) in [6, 6.07) is 11.3. The molecule has 0 bridgehead atoms. The number of oxazole rings is 1. The number of alkyl halides is 3. The van der Waals surface area contributed by atoms with Crippen molar-refractivity contribution in [2.75, 3.05) is 7.11 Å². The number of hydrogen-bond acceptors (Lipinski definition) is 5. The van der Waals surface area contributed by atoms with Gasteiger partial charge in [-0.05, 0) is 40.5 Å². The van der Waals surface area contributed by atoms with E-state index >= 15 is 0 Å². The molecule has 0 aliphatic carbocycles. The summed E-state index contributed by atoms with van der Waals surface area (Å²) in [6.07, 6.45) is -4.78. The fourth-order valence-electron chi connectivity index (χ4n) is 3.74. The van der Waals surface area contributed by atoms with E-state index in [-0.39, 0.29) is 33.9 Å². The van der Waals surface area contributed by atoms with Crippen molar-refractivity contribution in [2.45, 2.75) is 13.1 Å². The fourth-order valence-corrected chi connectivity index (χ4v) is 4.14. The zero-order chi connectivity index (χ0) is 23.5. The number of halogens is 4. The largest absolute Gasteiger partial charge is 0.494 e. The van der Waals surface area contributed by atoms with E-state index in [0.29, 0.717) is 25.8 Å². The Bertz CT molecular complexity index is 1590. The number of rotatable bonds is 3. The Labute approximate surface area is 192 Å². The molecule has 0 atom stereocenters. The van der Waals surface area contributed by atoms with Crippen molar-refractivity contribution in [1.29, 1.82) is 0 Å². The molecule has 0 saturated heterocycles. The molecule has 0 fully saturated rings. The SMILES string of the molecule is COc1ccc(Br)c2oc(-c3c(C)[nH]c4c(-c5ccccc5)c(C(F)(F)F)nn4c3=O)nc12. The molecular weight excluding hydrogens is 505 g/mol. The second-order valence-corrected chi connectivity index (χ2v) is 8.08. The van der Waals surface area contributed by atoms with Gasteiger partial charge >= 0.3 is 6.18 Å². The summed E-state index contributed by atoms with van der Waals surface area (Å²) < 4.78 is 53.9. The Balaban J connectivity index is 1.83. The topological polar surface area (TPSA) is 85.4 Å². The van der Waals surface area contributed by atoms with E-state index < -0.39 is 17.4 Å². The molecule has 7 nitrogen and oxygen atoms in total. The minimum atomic E-state index is -4.78. The van der Waals surface area contributed by atoms with Gasteiger partial charge in [0.25, 0.3) is 5.56 Å². The van der Waals surface area contributed by atoms with Crippen LogP contribution in [0.2, 0.25) is 0 Å². The van der Waals surface area contributed by atoms with Gasteiger partial charge in [0.1, 0.15) is 17.0 Å². The number of hydrogen-bond donors (Lipinski definition) is 1. The smallest absolute Gasteiger partial charge is 0.435 e. The second-order valence-electron chi connectivity index (χ2n) is 7.22. The summed E-state index contributed by atoms with van der Waals surface area (Å²) in [6.45, 7) is 1.56. The van der Waals surface area contributed by atoms with Gasteiger partial charge in [0, 0.05) is 5.69 Å². The zero-order valence-electron chi connectivity index (χ0n) is 17.1. The first kappa shape index (κ1) is 21.3. The summed E-state index contributed by atoms with van der Waals surface area (Å²) >= 11 is 3.37. The molecule has 0 saturated carbocycles. The molecule has 2 aromatic carbocycles. The quantitative estimate of drug-likeness (QED) is 0.336. The van der Waals surface area contributed by atoms with Crippen LogP contribution in [0.25, 0.3) is 39.3 Å².